The lowest BCUT2D eigenvalue weighted by Crippen LogP contribution is -2.30. The molecule has 150 valence electrons. The summed E-state index contributed by atoms with van der Waals surface area (Å²) in [6.07, 6.45) is 1.03. The Morgan fingerprint density at radius 3 is 2.62 bits per heavy atom. The van der Waals surface area contributed by atoms with Crippen LogP contribution in [0.4, 0.5) is 0 Å². The highest BCUT2D eigenvalue weighted by molar-refractivity contribution is 5.94. The Bertz CT molecular complexity index is 966. The molecule has 0 aliphatic carbocycles. The first-order chi connectivity index (χ1) is 14.2. The molecule has 1 aliphatic rings. The summed E-state index contributed by atoms with van der Waals surface area (Å²) in [6.45, 7) is 2.48. The van der Waals surface area contributed by atoms with Crippen LogP contribution in [0.1, 0.15) is 16.9 Å². The Kier molecular flexibility index (Phi) is 5.62. The van der Waals surface area contributed by atoms with Gasteiger partial charge in [-0.25, -0.2) is 4.68 Å². The van der Waals surface area contributed by atoms with Crippen LogP contribution in [0.15, 0.2) is 60.7 Å². The Morgan fingerprint density at radius 2 is 1.93 bits per heavy atom. The second-order valence-electron chi connectivity index (χ2n) is 7.35. The van der Waals surface area contributed by atoms with Gasteiger partial charge >= 0.3 is 0 Å². The minimum atomic E-state index is -0.00644. The number of carbonyl (C=O) groups is 1. The Hall–Kier alpha value is -3.12. The molecule has 1 saturated heterocycles. The number of amides is 1. The maximum Gasteiger partial charge on any atom is 0.274 e. The van der Waals surface area contributed by atoms with Crippen molar-refractivity contribution in [1.29, 1.82) is 0 Å². The van der Waals surface area contributed by atoms with Crippen LogP contribution in [0.25, 0.3) is 16.9 Å². The molecule has 0 spiro atoms. The van der Waals surface area contributed by atoms with Crippen LogP contribution in [-0.4, -0.2) is 54.4 Å². The van der Waals surface area contributed by atoms with Crippen LogP contribution in [-0.2, 0) is 0 Å². The van der Waals surface area contributed by atoms with Crippen molar-refractivity contribution in [3.8, 4) is 22.7 Å². The topological polar surface area (TPSA) is 59.4 Å². The number of benzene rings is 2. The third-order valence-corrected chi connectivity index (χ3v) is 5.38. The normalized spacial score (nSPS) is 16.2. The monoisotopic (exact) mass is 390 g/mol. The maximum atomic E-state index is 13.1. The van der Waals surface area contributed by atoms with Crippen LogP contribution in [0, 0.1) is 5.92 Å². The lowest BCUT2D eigenvalue weighted by molar-refractivity contribution is 0.0781. The summed E-state index contributed by atoms with van der Waals surface area (Å²) in [7, 11) is 3.60. The SMILES string of the molecule is CNCC1CCN(C(=O)c2cc(-c3ccc(OC)cc3)n(-c3ccccc3)n2)C1. The van der Waals surface area contributed by atoms with Gasteiger partial charge in [-0.1, -0.05) is 18.2 Å². The smallest absolute Gasteiger partial charge is 0.274 e. The van der Waals surface area contributed by atoms with Gasteiger partial charge in [0.05, 0.1) is 18.5 Å². The summed E-state index contributed by atoms with van der Waals surface area (Å²) in [5.41, 5.74) is 3.26. The summed E-state index contributed by atoms with van der Waals surface area (Å²) in [6, 6.07) is 19.6. The number of aromatic nitrogens is 2. The lowest BCUT2D eigenvalue weighted by atomic mass is 10.1. The van der Waals surface area contributed by atoms with E-state index in [2.05, 4.69) is 5.32 Å². The second-order valence-corrected chi connectivity index (χ2v) is 7.35. The van der Waals surface area contributed by atoms with E-state index < -0.39 is 0 Å². The van der Waals surface area contributed by atoms with Crippen molar-refractivity contribution in [2.45, 2.75) is 6.42 Å². The first kappa shape index (κ1) is 19.2. The summed E-state index contributed by atoms with van der Waals surface area (Å²) in [4.78, 5) is 15.0. The van der Waals surface area contributed by atoms with E-state index >= 15 is 0 Å². The highest BCUT2D eigenvalue weighted by atomic mass is 16.5. The summed E-state index contributed by atoms with van der Waals surface area (Å²) >= 11 is 0. The molecule has 1 aromatic heterocycles. The molecule has 4 rings (SSSR count). The Morgan fingerprint density at radius 1 is 1.17 bits per heavy atom. The van der Waals surface area contributed by atoms with Crippen molar-refractivity contribution in [3.05, 3.63) is 66.4 Å². The summed E-state index contributed by atoms with van der Waals surface area (Å²) in [5.74, 6) is 1.29. The number of nitrogens with zero attached hydrogens (tertiary/aromatic N) is 3. The molecule has 1 aliphatic heterocycles. The summed E-state index contributed by atoms with van der Waals surface area (Å²) < 4.78 is 7.12. The number of carbonyl (C=O) groups excluding carboxylic acids is 1. The van der Waals surface area contributed by atoms with E-state index in [0.29, 0.717) is 11.6 Å². The molecule has 1 amide bonds. The van der Waals surface area contributed by atoms with E-state index in [1.807, 2.05) is 77.3 Å². The van der Waals surface area contributed by atoms with E-state index in [-0.39, 0.29) is 5.91 Å². The number of likely N-dealkylation sites (tertiary alicyclic amines) is 1. The predicted octanol–water partition coefficient (Wildman–Crippen LogP) is 3.23. The van der Waals surface area contributed by atoms with E-state index in [4.69, 9.17) is 9.84 Å². The van der Waals surface area contributed by atoms with Crippen LogP contribution >= 0.6 is 0 Å². The molecule has 2 heterocycles. The fourth-order valence-electron chi connectivity index (χ4n) is 3.85. The molecule has 6 heteroatoms. The molecule has 6 nitrogen and oxygen atoms in total. The van der Waals surface area contributed by atoms with Gasteiger partial charge in [0, 0.05) is 18.7 Å². The molecule has 1 unspecified atom stereocenters. The van der Waals surface area contributed by atoms with Crippen molar-refractivity contribution in [1.82, 2.24) is 20.0 Å². The van der Waals surface area contributed by atoms with Gasteiger partial charge in [0.15, 0.2) is 5.69 Å². The number of hydrogen-bond acceptors (Lipinski definition) is 4. The average Bonchev–Trinajstić information content (AvgIpc) is 3.42. The number of para-hydroxylation sites is 1. The zero-order valence-corrected chi connectivity index (χ0v) is 16.8. The number of hydrogen-bond donors (Lipinski definition) is 1. The minimum absolute atomic E-state index is 0.00644. The van der Waals surface area contributed by atoms with Crippen molar-refractivity contribution < 1.29 is 9.53 Å². The van der Waals surface area contributed by atoms with Gasteiger partial charge in [0.1, 0.15) is 5.75 Å². The second kappa shape index (κ2) is 8.49. The molecule has 0 saturated carbocycles. The van der Waals surface area contributed by atoms with Crippen molar-refractivity contribution >= 4 is 5.91 Å². The number of nitrogens with one attached hydrogen (secondary N) is 1. The molecule has 0 bridgehead atoms. The van der Waals surface area contributed by atoms with Crippen LogP contribution in [0.5, 0.6) is 5.75 Å². The van der Waals surface area contributed by atoms with Crippen molar-refractivity contribution in [2.24, 2.45) is 5.92 Å². The third-order valence-electron chi connectivity index (χ3n) is 5.38. The predicted molar refractivity (Wildman–Crippen MR) is 113 cm³/mol. The van der Waals surface area contributed by atoms with Gasteiger partial charge in [0.2, 0.25) is 0 Å². The first-order valence-corrected chi connectivity index (χ1v) is 9.93. The van der Waals surface area contributed by atoms with Crippen LogP contribution < -0.4 is 10.1 Å². The zero-order chi connectivity index (χ0) is 20.2. The van der Waals surface area contributed by atoms with Gasteiger partial charge in [-0.2, -0.15) is 5.10 Å². The summed E-state index contributed by atoms with van der Waals surface area (Å²) in [5, 5.41) is 7.90. The van der Waals surface area contributed by atoms with Gasteiger partial charge in [-0.15, -0.1) is 0 Å². The Labute approximate surface area is 171 Å². The van der Waals surface area contributed by atoms with Crippen LogP contribution in [0.3, 0.4) is 0 Å². The highest BCUT2D eigenvalue weighted by Gasteiger charge is 2.28. The van der Waals surface area contributed by atoms with E-state index in [0.717, 1.165) is 48.7 Å². The molecule has 3 aromatic rings. The lowest BCUT2D eigenvalue weighted by Gasteiger charge is -2.15. The molecular weight excluding hydrogens is 364 g/mol. The third kappa shape index (κ3) is 4.03. The van der Waals surface area contributed by atoms with Gasteiger partial charge in [-0.05, 0) is 68.4 Å². The number of rotatable bonds is 6. The molecule has 1 atom stereocenters. The molecule has 29 heavy (non-hydrogen) atoms. The fraction of sp³-hybridized carbons (Fsp3) is 0.304. The van der Waals surface area contributed by atoms with E-state index in [1.54, 1.807) is 7.11 Å². The molecule has 1 fully saturated rings. The highest BCUT2D eigenvalue weighted by Crippen LogP contribution is 2.27. The fourth-order valence-corrected chi connectivity index (χ4v) is 3.85. The largest absolute Gasteiger partial charge is 0.497 e. The van der Waals surface area contributed by atoms with E-state index in [1.165, 1.54) is 0 Å². The Balaban J connectivity index is 1.69. The van der Waals surface area contributed by atoms with Crippen molar-refractivity contribution in [2.75, 3.05) is 33.8 Å². The number of ether oxygens (including phenoxy) is 1. The molecule has 0 radical (unpaired) electrons. The van der Waals surface area contributed by atoms with Gasteiger partial charge in [-0.3, -0.25) is 4.79 Å². The standard InChI is InChI=1S/C23H26N4O2/c1-24-15-17-12-13-26(16-17)23(28)21-14-22(18-8-10-20(29-2)11-9-18)27(25-21)19-6-4-3-5-7-19/h3-11,14,17,24H,12-13,15-16H2,1-2H3. The van der Waals surface area contributed by atoms with E-state index in [9.17, 15) is 4.79 Å². The average molecular weight is 390 g/mol. The zero-order valence-electron chi connectivity index (χ0n) is 16.8. The van der Waals surface area contributed by atoms with Crippen LogP contribution in [0.2, 0.25) is 0 Å². The van der Waals surface area contributed by atoms with Gasteiger partial charge < -0.3 is 15.0 Å². The maximum absolute atomic E-state index is 13.1. The first-order valence-electron chi connectivity index (χ1n) is 9.93. The molecular formula is C23H26N4O2. The minimum Gasteiger partial charge on any atom is -0.497 e. The van der Waals surface area contributed by atoms with Crippen molar-refractivity contribution in [3.63, 3.8) is 0 Å². The van der Waals surface area contributed by atoms with Gasteiger partial charge in [0.25, 0.3) is 5.91 Å². The quantitative estimate of drug-likeness (QED) is 0.702. The number of methoxy groups -OCH3 is 1. The molecule has 2 aromatic carbocycles. The molecule has 1 N–H and O–H groups in total.